The van der Waals surface area contributed by atoms with Gasteiger partial charge in [-0.15, -0.1) is 0 Å². The van der Waals surface area contributed by atoms with Gasteiger partial charge in [0, 0.05) is 19.5 Å². The van der Waals surface area contributed by atoms with Crippen LogP contribution in [-0.4, -0.2) is 17.4 Å². The van der Waals surface area contributed by atoms with Gasteiger partial charge >= 0.3 is 0 Å². The molecule has 0 unspecified atom stereocenters. The highest BCUT2D eigenvalue weighted by atomic mass is 16.2. The number of amides is 1. The molecule has 1 amide bonds. The molecule has 0 atom stereocenters. The van der Waals surface area contributed by atoms with Crippen LogP contribution < -0.4 is 0 Å². The number of unbranched alkanes of at least 4 members (excludes halogenated alkanes) is 7. The van der Waals surface area contributed by atoms with E-state index in [1.165, 1.54) is 56.1 Å². The zero-order chi connectivity index (χ0) is 15.6. The second-order valence-electron chi connectivity index (χ2n) is 6.56. The summed E-state index contributed by atoms with van der Waals surface area (Å²) in [6, 6.07) is 8.52. The summed E-state index contributed by atoms with van der Waals surface area (Å²) < 4.78 is 0. The molecule has 1 aliphatic rings. The Morgan fingerprint density at radius 2 is 1.59 bits per heavy atom. The Hall–Kier alpha value is -1.31. The van der Waals surface area contributed by atoms with E-state index in [0.29, 0.717) is 5.91 Å². The number of rotatable bonds is 9. The van der Waals surface area contributed by atoms with Crippen LogP contribution in [0.2, 0.25) is 0 Å². The van der Waals surface area contributed by atoms with Crippen LogP contribution in [0, 0.1) is 0 Å². The van der Waals surface area contributed by atoms with Crippen LogP contribution in [0.3, 0.4) is 0 Å². The molecular formula is C20H31NO. The van der Waals surface area contributed by atoms with Gasteiger partial charge in [0.2, 0.25) is 5.91 Å². The lowest BCUT2D eigenvalue weighted by molar-refractivity contribution is -0.132. The maximum absolute atomic E-state index is 12.3. The smallest absolute Gasteiger partial charge is 0.222 e. The fraction of sp³-hybridized carbons (Fsp3) is 0.650. The molecule has 1 heterocycles. The predicted octanol–water partition coefficient (Wildman–Crippen LogP) is 5.10. The summed E-state index contributed by atoms with van der Waals surface area (Å²) in [7, 11) is 0. The average molecular weight is 301 g/mol. The van der Waals surface area contributed by atoms with E-state index in [9.17, 15) is 4.79 Å². The fourth-order valence-corrected chi connectivity index (χ4v) is 3.28. The first-order chi connectivity index (χ1) is 10.8. The third-order valence-corrected chi connectivity index (χ3v) is 4.73. The van der Waals surface area contributed by atoms with Crippen LogP contribution in [0.1, 0.15) is 75.8 Å². The van der Waals surface area contributed by atoms with E-state index >= 15 is 0 Å². The highest BCUT2D eigenvalue weighted by Gasteiger charge is 2.19. The SMILES string of the molecule is CCCCCCCCCCC(=O)N1CCc2ccccc2C1. The van der Waals surface area contributed by atoms with Crippen molar-refractivity contribution in [3.8, 4) is 0 Å². The second-order valence-corrected chi connectivity index (χ2v) is 6.56. The van der Waals surface area contributed by atoms with Crippen molar-refractivity contribution in [1.82, 2.24) is 4.90 Å². The fourth-order valence-electron chi connectivity index (χ4n) is 3.28. The van der Waals surface area contributed by atoms with Gasteiger partial charge in [-0.1, -0.05) is 76.1 Å². The molecule has 0 saturated carbocycles. The lowest BCUT2D eigenvalue weighted by Crippen LogP contribution is -2.35. The molecule has 1 aliphatic heterocycles. The predicted molar refractivity (Wildman–Crippen MR) is 92.8 cm³/mol. The number of carbonyl (C=O) groups excluding carboxylic acids is 1. The van der Waals surface area contributed by atoms with Crippen molar-refractivity contribution in [2.24, 2.45) is 0 Å². The monoisotopic (exact) mass is 301 g/mol. The summed E-state index contributed by atoms with van der Waals surface area (Å²) in [5.74, 6) is 0.348. The minimum atomic E-state index is 0.348. The maximum Gasteiger partial charge on any atom is 0.222 e. The van der Waals surface area contributed by atoms with Crippen LogP contribution in [0.25, 0.3) is 0 Å². The second kappa shape index (κ2) is 9.66. The topological polar surface area (TPSA) is 20.3 Å². The van der Waals surface area contributed by atoms with Crippen LogP contribution in [0.15, 0.2) is 24.3 Å². The zero-order valence-electron chi connectivity index (χ0n) is 14.2. The normalized spacial score (nSPS) is 14.0. The van der Waals surface area contributed by atoms with E-state index in [1.807, 2.05) is 4.90 Å². The number of fused-ring (bicyclic) bond motifs is 1. The Labute approximate surface area is 135 Å². The van der Waals surface area contributed by atoms with Gasteiger partial charge in [0.15, 0.2) is 0 Å². The summed E-state index contributed by atoms with van der Waals surface area (Å²) in [6.45, 7) is 3.96. The molecule has 122 valence electrons. The van der Waals surface area contributed by atoms with Crippen molar-refractivity contribution in [3.63, 3.8) is 0 Å². The van der Waals surface area contributed by atoms with Crippen molar-refractivity contribution in [2.45, 2.75) is 77.7 Å². The Morgan fingerprint density at radius 3 is 2.32 bits per heavy atom. The third kappa shape index (κ3) is 5.47. The largest absolute Gasteiger partial charge is 0.338 e. The molecule has 2 heteroatoms. The molecule has 0 aliphatic carbocycles. The van der Waals surface area contributed by atoms with Crippen molar-refractivity contribution in [2.75, 3.05) is 6.54 Å². The van der Waals surface area contributed by atoms with Crippen LogP contribution in [0.4, 0.5) is 0 Å². The lowest BCUT2D eigenvalue weighted by Gasteiger charge is -2.29. The van der Waals surface area contributed by atoms with Crippen LogP contribution >= 0.6 is 0 Å². The minimum absolute atomic E-state index is 0.348. The molecule has 2 nitrogen and oxygen atoms in total. The van der Waals surface area contributed by atoms with Crippen molar-refractivity contribution in [3.05, 3.63) is 35.4 Å². The van der Waals surface area contributed by atoms with Crippen molar-refractivity contribution in [1.29, 1.82) is 0 Å². The summed E-state index contributed by atoms with van der Waals surface area (Å²) in [6.07, 6.45) is 12.1. The third-order valence-electron chi connectivity index (χ3n) is 4.73. The molecule has 0 saturated heterocycles. The Kier molecular flexibility index (Phi) is 7.48. The highest BCUT2D eigenvalue weighted by Crippen LogP contribution is 2.19. The van der Waals surface area contributed by atoms with Gasteiger partial charge in [-0.2, -0.15) is 0 Å². The first-order valence-corrected chi connectivity index (χ1v) is 9.16. The molecule has 0 bridgehead atoms. The molecule has 1 aromatic carbocycles. The summed E-state index contributed by atoms with van der Waals surface area (Å²) in [5.41, 5.74) is 2.75. The molecule has 2 rings (SSSR count). The number of benzene rings is 1. The van der Waals surface area contributed by atoms with E-state index in [4.69, 9.17) is 0 Å². The van der Waals surface area contributed by atoms with E-state index < -0.39 is 0 Å². The minimum Gasteiger partial charge on any atom is -0.338 e. The molecule has 0 spiro atoms. The molecule has 0 fully saturated rings. The average Bonchev–Trinajstić information content (AvgIpc) is 2.56. The first kappa shape index (κ1) is 17.1. The van der Waals surface area contributed by atoms with Crippen molar-refractivity contribution >= 4 is 5.91 Å². The summed E-state index contributed by atoms with van der Waals surface area (Å²) >= 11 is 0. The molecule has 0 radical (unpaired) electrons. The van der Waals surface area contributed by atoms with Gasteiger partial charge in [-0.3, -0.25) is 4.79 Å². The quantitative estimate of drug-likeness (QED) is 0.581. The highest BCUT2D eigenvalue weighted by molar-refractivity contribution is 5.76. The zero-order valence-corrected chi connectivity index (χ0v) is 14.2. The first-order valence-electron chi connectivity index (χ1n) is 9.16. The van der Waals surface area contributed by atoms with Gasteiger partial charge in [-0.25, -0.2) is 0 Å². The summed E-state index contributed by atoms with van der Waals surface area (Å²) in [4.78, 5) is 14.4. The standard InChI is InChI=1S/C20H31NO/c1-2-3-4-5-6-7-8-9-14-20(22)21-16-15-18-12-10-11-13-19(18)17-21/h10-13H,2-9,14-17H2,1H3. The van der Waals surface area contributed by atoms with E-state index in [2.05, 4.69) is 31.2 Å². The number of hydrogen-bond donors (Lipinski definition) is 0. The van der Waals surface area contributed by atoms with Gasteiger partial charge in [0.1, 0.15) is 0 Å². The number of hydrogen-bond acceptors (Lipinski definition) is 1. The lowest BCUT2D eigenvalue weighted by atomic mass is 9.99. The number of nitrogens with zero attached hydrogens (tertiary/aromatic N) is 1. The van der Waals surface area contributed by atoms with Crippen LogP contribution in [0.5, 0.6) is 0 Å². The van der Waals surface area contributed by atoms with Crippen LogP contribution in [-0.2, 0) is 17.8 Å². The van der Waals surface area contributed by atoms with Gasteiger partial charge in [-0.05, 0) is 24.0 Å². The maximum atomic E-state index is 12.3. The Morgan fingerprint density at radius 1 is 0.955 bits per heavy atom. The molecular weight excluding hydrogens is 270 g/mol. The van der Waals surface area contributed by atoms with E-state index in [0.717, 1.165) is 32.4 Å². The molecule has 22 heavy (non-hydrogen) atoms. The van der Waals surface area contributed by atoms with E-state index in [1.54, 1.807) is 0 Å². The Balaban J connectivity index is 1.59. The molecule has 0 N–H and O–H groups in total. The van der Waals surface area contributed by atoms with E-state index in [-0.39, 0.29) is 0 Å². The molecule has 0 aromatic heterocycles. The number of carbonyl (C=O) groups is 1. The van der Waals surface area contributed by atoms with Gasteiger partial charge < -0.3 is 4.90 Å². The van der Waals surface area contributed by atoms with Gasteiger partial charge in [0.25, 0.3) is 0 Å². The van der Waals surface area contributed by atoms with Crippen molar-refractivity contribution < 1.29 is 4.79 Å². The molecule has 1 aromatic rings. The van der Waals surface area contributed by atoms with Gasteiger partial charge in [0.05, 0.1) is 0 Å². The summed E-state index contributed by atoms with van der Waals surface area (Å²) in [5, 5.41) is 0. The Bertz CT molecular complexity index is 455.